The molecule has 0 saturated carbocycles. The standard InChI is InChI=1S/C22H27FN2O3/c1-3-4-15-28-20-10-5-17(16-21(20)27-2)22(26)25-13-11-24(12-14-25)19-8-6-18(23)7-9-19/h5-10,16H,3-4,11-15H2,1-2H3. The van der Waals surface area contributed by atoms with Crippen molar-refractivity contribution in [2.75, 3.05) is 44.8 Å². The third-order valence-electron chi connectivity index (χ3n) is 4.92. The Kier molecular flexibility index (Phi) is 6.74. The van der Waals surface area contributed by atoms with Gasteiger partial charge in [0.25, 0.3) is 5.91 Å². The number of ether oxygens (including phenoxy) is 2. The van der Waals surface area contributed by atoms with E-state index in [1.807, 2.05) is 4.90 Å². The van der Waals surface area contributed by atoms with E-state index in [-0.39, 0.29) is 11.7 Å². The normalized spacial score (nSPS) is 14.1. The van der Waals surface area contributed by atoms with Gasteiger partial charge in [0, 0.05) is 37.4 Å². The Bertz CT molecular complexity index is 787. The summed E-state index contributed by atoms with van der Waals surface area (Å²) in [6.45, 7) is 5.41. The zero-order valence-electron chi connectivity index (χ0n) is 16.5. The van der Waals surface area contributed by atoms with Crippen molar-refractivity contribution < 1.29 is 18.7 Å². The molecule has 1 aliphatic heterocycles. The predicted octanol–water partition coefficient (Wildman–Crippen LogP) is 3.98. The Morgan fingerprint density at radius 1 is 1.04 bits per heavy atom. The van der Waals surface area contributed by atoms with Crippen LogP contribution in [0.25, 0.3) is 0 Å². The maximum absolute atomic E-state index is 13.1. The molecule has 1 fully saturated rings. The molecule has 3 rings (SSSR count). The fourth-order valence-electron chi connectivity index (χ4n) is 3.25. The Labute approximate surface area is 165 Å². The number of anilines is 1. The van der Waals surface area contributed by atoms with Crippen LogP contribution < -0.4 is 14.4 Å². The molecule has 0 spiro atoms. The quantitative estimate of drug-likeness (QED) is 0.675. The van der Waals surface area contributed by atoms with Gasteiger partial charge < -0.3 is 19.3 Å². The molecule has 1 amide bonds. The lowest BCUT2D eigenvalue weighted by Gasteiger charge is -2.36. The third kappa shape index (κ3) is 4.74. The number of hydrogen-bond acceptors (Lipinski definition) is 4. The van der Waals surface area contributed by atoms with Gasteiger partial charge in [-0.15, -0.1) is 0 Å². The first-order valence-electron chi connectivity index (χ1n) is 9.73. The van der Waals surface area contributed by atoms with Crippen LogP contribution in [0, 0.1) is 5.82 Å². The zero-order valence-corrected chi connectivity index (χ0v) is 16.5. The summed E-state index contributed by atoms with van der Waals surface area (Å²) in [6.07, 6.45) is 2.03. The van der Waals surface area contributed by atoms with Crippen molar-refractivity contribution in [2.24, 2.45) is 0 Å². The number of rotatable bonds is 7. The summed E-state index contributed by atoms with van der Waals surface area (Å²) in [6, 6.07) is 11.8. The third-order valence-corrected chi connectivity index (χ3v) is 4.92. The van der Waals surface area contributed by atoms with Crippen molar-refractivity contribution in [3.05, 3.63) is 53.8 Å². The monoisotopic (exact) mass is 386 g/mol. The molecule has 0 aromatic heterocycles. The summed E-state index contributed by atoms with van der Waals surface area (Å²) in [5.41, 5.74) is 1.57. The molecule has 0 N–H and O–H groups in total. The van der Waals surface area contributed by atoms with Crippen LogP contribution in [-0.2, 0) is 0 Å². The summed E-state index contributed by atoms with van der Waals surface area (Å²) in [4.78, 5) is 16.9. The zero-order chi connectivity index (χ0) is 19.9. The Morgan fingerprint density at radius 2 is 1.75 bits per heavy atom. The molecule has 0 radical (unpaired) electrons. The van der Waals surface area contributed by atoms with Crippen molar-refractivity contribution in [2.45, 2.75) is 19.8 Å². The van der Waals surface area contributed by atoms with Gasteiger partial charge in [0.1, 0.15) is 5.82 Å². The molecule has 1 saturated heterocycles. The number of nitrogens with zero attached hydrogens (tertiary/aromatic N) is 2. The largest absolute Gasteiger partial charge is 0.493 e. The van der Waals surface area contributed by atoms with E-state index in [0.717, 1.165) is 18.5 Å². The van der Waals surface area contributed by atoms with E-state index >= 15 is 0 Å². The Morgan fingerprint density at radius 3 is 2.39 bits per heavy atom. The maximum Gasteiger partial charge on any atom is 0.254 e. The van der Waals surface area contributed by atoms with E-state index in [2.05, 4.69) is 11.8 Å². The van der Waals surface area contributed by atoms with Crippen LogP contribution in [-0.4, -0.2) is 50.7 Å². The average Bonchev–Trinajstić information content (AvgIpc) is 2.74. The highest BCUT2D eigenvalue weighted by molar-refractivity contribution is 5.95. The van der Waals surface area contributed by atoms with E-state index in [9.17, 15) is 9.18 Å². The second-order valence-electron chi connectivity index (χ2n) is 6.82. The molecule has 2 aromatic carbocycles. The van der Waals surface area contributed by atoms with Gasteiger partial charge in [-0.3, -0.25) is 4.79 Å². The van der Waals surface area contributed by atoms with E-state index in [1.165, 1.54) is 12.1 Å². The van der Waals surface area contributed by atoms with E-state index in [0.29, 0.717) is 49.8 Å². The van der Waals surface area contributed by atoms with E-state index in [4.69, 9.17) is 9.47 Å². The van der Waals surface area contributed by atoms with Gasteiger partial charge in [0.2, 0.25) is 0 Å². The topological polar surface area (TPSA) is 42.0 Å². The van der Waals surface area contributed by atoms with Crippen molar-refractivity contribution >= 4 is 11.6 Å². The number of piperazine rings is 1. The Hall–Kier alpha value is -2.76. The van der Waals surface area contributed by atoms with Gasteiger partial charge in [0.05, 0.1) is 13.7 Å². The number of methoxy groups -OCH3 is 1. The molecule has 0 bridgehead atoms. The van der Waals surface area contributed by atoms with Crippen LogP contribution in [0.2, 0.25) is 0 Å². The minimum atomic E-state index is -0.242. The predicted molar refractivity (Wildman–Crippen MR) is 108 cm³/mol. The van der Waals surface area contributed by atoms with Gasteiger partial charge >= 0.3 is 0 Å². The van der Waals surface area contributed by atoms with Gasteiger partial charge in [-0.25, -0.2) is 4.39 Å². The average molecular weight is 386 g/mol. The van der Waals surface area contributed by atoms with Gasteiger partial charge in [0.15, 0.2) is 11.5 Å². The van der Waals surface area contributed by atoms with Gasteiger partial charge in [-0.2, -0.15) is 0 Å². The van der Waals surface area contributed by atoms with Crippen LogP contribution in [0.5, 0.6) is 11.5 Å². The first kappa shape index (κ1) is 20.0. The summed E-state index contributed by atoms with van der Waals surface area (Å²) < 4.78 is 24.2. The van der Waals surface area contributed by atoms with Crippen molar-refractivity contribution in [3.8, 4) is 11.5 Å². The van der Waals surface area contributed by atoms with Gasteiger partial charge in [-0.1, -0.05) is 13.3 Å². The van der Waals surface area contributed by atoms with Crippen molar-refractivity contribution in [1.82, 2.24) is 4.90 Å². The van der Waals surface area contributed by atoms with Crippen molar-refractivity contribution in [3.63, 3.8) is 0 Å². The highest BCUT2D eigenvalue weighted by Gasteiger charge is 2.23. The summed E-state index contributed by atoms with van der Waals surface area (Å²) >= 11 is 0. The minimum absolute atomic E-state index is 0.0165. The van der Waals surface area contributed by atoms with E-state index in [1.54, 1.807) is 37.4 Å². The van der Waals surface area contributed by atoms with Crippen LogP contribution >= 0.6 is 0 Å². The molecule has 1 heterocycles. The highest BCUT2D eigenvalue weighted by atomic mass is 19.1. The molecule has 0 atom stereocenters. The lowest BCUT2D eigenvalue weighted by Crippen LogP contribution is -2.48. The molecule has 0 unspecified atom stereocenters. The molecular weight excluding hydrogens is 359 g/mol. The molecule has 5 nitrogen and oxygen atoms in total. The molecule has 2 aromatic rings. The lowest BCUT2D eigenvalue weighted by molar-refractivity contribution is 0.0746. The Balaban J connectivity index is 1.62. The molecule has 150 valence electrons. The number of amides is 1. The first-order valence-corrected chi connectivity index (χ1v) is 9.73. The lowest BCUT2D eigenvalue weighted by atomic mass is 10.1. The number of halogens is 1. The highest BCUT2D eigenvalue weighted by Crippen LogP contribution is 2.29. The number of hydrogen-bond donors (Lipinski definition) is 0. The van der Waals surface area contributed by atoms with Crippen LogP contribution in [0.3, 0.4) is 0 Å². The number of carbonyl (C=O) groups excluding carboxylic acids is 1. The van der Waals surface area contributed by atoms with Gasteiger partial charge in [-0.05, 0) is 48.9 Å². The van der Waals surface area contributed by atoms with Crippen LogP contribution in [0.15, 0.2) is 42.5 Å². The summed E-state index contributed by atoms with van der Waals surface area (Å²) in [5.74, 6) is 0.978. The van der Waals surface area contributed by atoms with Crippen LogP contribution in [0.4, 0.5) is 10.1 Å². The molecule has 0 aliphatic carbocycles. The molecule has 1 aliphatic rings. The van der Waals surface area contributed by atoms with Crippen molar-refractivity contribution in [1.29, 1.82) is 0 Å². The minimum Gasteiger partial charge on any atom is -0.493 e. The fraction of sp³-hybridized carbons (Fsp3) is 0.409. The molecule has 6 heteroatoms. The maximum atomic E-state index is 13.1. The number of benzene rings is 2. The van der Waals surface area contributed by atoms with Crippen LogP contribution in [0.1, 0.15) is 30.1 Å². The SMILES string of the molecule is CCCCOc1ccc(C(=O)N2CCN(c3ccc(F)cc3)CC2)cc1OC. The molecule has 28 heavy (non-hydrogen) atoms. The second-order valence-corrected chi connectivity index (χ2v) is 6.82. The summed E-state index contributed by atoms with van der Waals surface area (Å²) in [7, 11) is 1.58. The number of unbranched alkanes of at least 4 members (excludes halogenated alkanes) is 1. The summed E-state index contributed by atoms with van der Waals surface area (Å²) in [5, 5.41) is 0. The second kappa shape index (κ2) is 9.44. The van der Waals surface area contributed by atoms with E-state index < -0.39 is 0 Å². The fourth-order valence-corrected chi connectivity index (χ4v) is 3.25. The smallest absolute Gasteiger partial charge is 0.254 e. The molecular formula is C22H27FN2O3. The first-order chi connectivity index (χ1) is 13.6. The number of carbonyl (C=O) groups is 1.